The molecule has 88 valence electrons. The van der Waals surface area contributed by atoms with E-state index in [0.29, 0.717) is 4.88 Å². The summed E-state index contributed by atoms with van der Waals surface area (Å²) < 4.78 is 10.1. The SMILES string of the molecule is COC(=O)c1cnc(NC2CCOC2C)s1. The minimum atomic E-state index is -0.346. The molecule has 0 radical (unpaired) electrons. The fraction of sp³-hybridized carbons (Fsp3) is 0.600. The number of anilines is 1. The second-order valence-corrected chi connectivity index (χ2v) is 4.67. The van der Waals surface area contributed by atoms with Crippen molar-refractivity contribution >= 4 is 22.4 Å². The molecule has 0 spiro atoms. The van der Waals surface area contributed by atoms with Crippen LogP contribution in [0, 0.1) is 0 Å². The maximum absolute atomic E-state index is 11.2. The Morgan fingerprint density at radius 2 is 2.56 bits per heavy atom. The summed E-state index contributed by atoms with van der Waals surface area (Å²) in [6.07, 6.45) is 2.68. The third kappa shape index (κ3) is 2.33. The number of nitrogens with one attached hydrogen (secondary N) is 1. The maximum Gasteiger partial charge on any atom is 0.349 e. The summed E-state index contributed by atoms with van der Waals surface area (Å²) in [5, 5.41) is 4.00. The molecule has 1 fully saturated rings. The van der Waals surface area contributed by atoms with Crippen LogP contribution in [0.3, 0.4) is 0 Å². The summed E-state index contributed by atoms with van der Waals surface area (Å²) in [5.41, 5.74) is 0. The normalized spacial score (nSPS) is 24.4. The van der Waals surface area contributed by atoms with Crippen molar-refractivity contribution in [3.05, 3.63) is 11.1 Å². The van der Waals surface area contributed by atoms with Crippen molar-refractivity contribution in [3.8, 4) is 0 Å². The first-order valence-corrected chi connectivity index (χ1v) is 5.94. The van der Waals surface area contributed by atoms with E-state index < -0.39 is 0 Å². The van der Waals surface area contributed by atoms with Gasteiger partial charge in [-0.05, 0) is 13.3 Å². The molecule has 2 unspecified atom stereocenters. The molecule has 0 amide bonds. The van der Waals surface area contributed by atoms with Crippen molar-refractivity contribution in [1.82, 2.24) is 4.98 Å². The highest BCUT2D eigenvalue weighted by Crippen LogP contribution is 2.23. The number of rotatable bonds is 3. The van der Waals surface area contributed by atoms with Gasteiger partial charge >= 0.3 is 5.97 Å². The van der Waals surface area contributed by atoms with E-state index in [-0.39, 0.29) is 18.1 Å². The van der Waals surface area contributed by atoms with Crippen LogP contribution >= 0.6 is 11.3 Å². The van der Waals surface area contributed by atoms with Gasteiger partial charge in [0.05, 0.1) is 25.5 Å². The Bertz CT molecular complexity index is 380. The largest absolute Gasteiger partial charge is 0.465 e. The Labute approximate surface area is 97.8 Å². The number of carbonyl (C=O) groups is 1. The van der Waals surface area contributed by atoms with Gasteiger partial charge in [0.25, 0.3) is 0 Å². The molecular weight excluding hydrogens is 228 g/mol. The summed E-state index contributed by atoms with van der Waals surface area (Å²) in [7, 11) is 1.36. The van der Waals surface area contributed by atoms with Crippen molar-refractivity contribution in [1.29, 1.82) is 0 Å². The monoisotopic (exact) mass is 242 g/mol. The van der Waals surface area contributed by atoms with Gasteiger partial charge in [0.1, 0.15) is 4.88 Å². The molecule has 16 heavy (non-hydrogen) atoms. The number of aromatic nitrogens is 1. The number of hydrogen-bond acceptors (Lipinski definition) is 6. The molecule has 6 heteroatoms. The van der Waals surface area contributed by atoms with Crippen LogP contribution in [0.15, 0.2) is 6.20 Å². The highest BCUT2D eigenvalue weighted by Gasteiger charge is 2.25. The van der Waals surface area contributed by atoms with Crippen molar-refractivity contribution in [2.24, 2.45) is 0 Å². The van der Waals surface area contributed by atoms with Crippen LogP contribution in [0.4, 0.5) is 5.13 Å². The second kappa shape index (κ2) is 4.80. The van der Waals surface area contributed by atoms with Crippen LogP contribution in [0.2, 0.25) is 0 Å². The van der Waals surface area contributed by atoms with Gasteiger partial charge in [-0.15, -0.1) is 0 Å². The molecule has 1 aromatic heterocycles. The van der Waals surface area contributed by atoms with E-state index in [9.17, 15) is 4.79 Å². The third-order valence-electron chi connectivity index (χ3n) is 2.58. The Morgan fingerprint density at radius 1 is 1.75 bits per heavy atom. The topological polar surface area (TPSA) is 60.5 Å². The zero-order valence-electron chi connectivity index (χ0n) is 9.23. The van der Waals surface area contributed by atoms with Crippen LogP contribution in [0.5, 0.6) is 0 Å². The Hall–Kier alpha value is -1.14. The number of ether oxygens (including phenoxy) is 2. The van der Waals surface area contributed by atoms with Gasteiger partial charge in [-0.1, -0.05) is 11.3 Å². The molecule has 2 rings (SSSR count). The third-order valence-corrected chi connectivity index (χ3v) is 3.49. The van der Waals surface area contributed by atoms with Gasteiger partial charge in [0, 0.05) is 6.61 Å². The zero-order valence-corrected chi connectivity index (χ0v) is 10.0. The highest BCUT2D eigenvalue weighted by molar-refractivity contribution is 7.17. The lowest BCUT2D eigenvalue weighted by Crippen LogP contribution is -2.26. The predicted molar refractivity (Wildman–Crippen MR) is 60.9 cm³/mol. The number of methoxy groups -OCH3 is 1. The Balaban J connectivity index is 1.99. The van der Waals surface area contributed by atoms with Gasteiger partial charge in [-0.2, -0.15) is 0 Å². The summed E-state index contributed by atoms with van der Waals surface area (Å²) in [5.74, 6) is -0.346. The minimum absolute atomic E-state index is 0.186. The molecule has 2 heterocycles. The molecule has 0 aliphatic carbocycles. The maximum atomic E-state index is 11.2. The highest BCUT2D eigenvalue weighted by atomic mass is 32.1. The number of carbonyl (C=O) groups excluding carboxylic acids is 1. The van der Waals surface area contributed by atoms with E-state index in [4.69, 9.17) is 4.74 Å². The molecule has 0 bridgehead atoms. The van der Waals surface area contributed by atoms with E-state index in [1.807, 2.05) is 6.92 Å². The van der Waals surface area contributed by atoms with Crippen molar-refractivity contribution in [2.75, 3.05) is 19.0 Å². The standard InChI is InChI=1S/C10H14N2O3S/c1-6-7(3-4-15-6)12-10-11-5-8(16-10)9(13)14-2/h5-7H,3-4H2,1-2H3,(H,11,12). The number of nitrogens with zero attached hydrogens (tertiary/aromatic N) is 1. The lowest BCUT2D eigenvalue weighted by Gasteiger charge is -2.14. The van der Waals surface area contributed by atoms with E-state index in [0.717, 1.165) is 18.2 Å². The van der Waals surface area contributed by atoms with E-state index in [2.05, 4.69) is 15.0 Å². The van der Waals surface area contributed by atoms with Gasteiger partial charge in [-0.25, -0.2) is 9.78 Å². The van der Waals surface area contributed by atoms with Crippen molar-refractivity contribution < 1.29 is 14.3 Å². The van der Waals surface area contributed by atoms with Crippen LogP contribution in [0.25, 0.3) is 0 Å². The minimum Gasteiger partial charge on any atom is -0.465 e. The summed E-state index contributed by atoms with van der Waals surface area (Å²) in [6.45, 7) is 2.80. The fourth-order valence-electron chi connectivity index (χ4n) is 1.62. The Kier molecular flexibility index (Phi) is 3.40. The molecule has 0 saturated carbocycles. The molecule has 1 aliphatic rings. The first-order valence-electron chi connectivity index (χ1n) is 5.13. The van der Waals surface area contributed by atoms with Gasteiger partial charge in [0.2, 0.25) is 0 Å². The molecule has 0 aromatic carbocycles. The fourth-order valence-corrected chi connectivity index (χ4v) is 2.41. The molecule has 1 saturated heterocycles. The first kappa shape index (κ1) is 11.3. The van der Waals surface area contributed by atoms with Crippen LogP contribution in [0.1, 0.15) is 23.0 Å². The first-order chi connectivity index (χ1) is 7.70. The molecule has 2 atom stereocenters. The summed E-state index contributed by atoms with van der Waals surface area (Å²) in [6, 6.07) is 0.275. The predicted octanol–water partition coefficient (Wildman–Crippen LogP) is 1.52. The average molecular weight is 242 g/mol. The smallest absolute Gasteiger partial charge is 0.349 e. The lowest BCUT2D eigenvalue weighted by molar-refractivity contribution is 0.0606. The van der Waals surface area contributed by atoms with Gasteiger partial charge in [0.15, 0.2) is 5.13 Å². The van der Waals surface area contributed by atoms with E-state index in [1.54, 1.807) is 0 Å². The average Bonchev–Trinajstić information content (AvgIpc) is 2.89. The summed E-state index contributed by atoms with van der Waals surface area (Å²) in [4.78, 5) is 15.9. The van der Waals surface area contributed by atoms with Crippen molar-refractivity contribution in [3.63, 3.8) is 0 Å². The number of hydrogen-bond donors (Lipinski definition) is 1. The molecule has 1 aromatic rings. The van der Waals surface area contributed by atoms with Gasteiger partial charge < -0.3 is 14.8 Å². The number of esters is 1. The number of thiazole rings is 1. The zero-order chi connectivity index (χ0) is 11.5. The quantitative estimate of drug-likeness (QED) is 0.814. The van der Waals surface area contributed by atoms with Crippen molar-refractivity contribution in [2.45, 2.75) is 25.5 Å². The van der Waals surface area contributed by atoms with Crippen LogP contribution in [-0.2, 0) is 9.47 Å². The molecular formula is C10H14N2O3S. The lowest BCUT2D eigenvalue weighted by atomic mass is 10.2. The Morgan fingerprint density at radius 3 is 3.19 bits per heavy atom. The van der Waals surface area contributed by atoms with E-state index >= 15 is 0 Å². The van der Waals surface area contributed by atoms with E-state index in [1.165, 1.54) is 24.6 Å². The van der Waals surface area contributed by atoms with Gasteiger partial charge in [-0.3, -0.25) is 0 Å². The second-order valence-electron chi connectivity index (χ2n) is 3.64. The van der Waals surface area contributed by atoms with Crippen LogP contribution < -0.4 is 5.32 Å². The molecule has 5 nitrogen and oxygen atoms in total. The molecule has 1 aliphatic heterocycles. The molecule has 1 N–H and O–H groups in total. The summed E-state index contributed by atoms with van der Waals surface area (Å²) >= 11 is 1.30. The van der Waals surface area contributed by atoms with Crippen LogP contribution in [-0.4, -0.2) is 36.8 Å².